The van der Waals surface area contributed by atoms with Gasteiger partial charge in [-0.3, -0.25) is 0 Å². The monoisotopic (exact) mass is 387 g/mol. The number of benzene rings is 1. The van der Waals surface area contributed by atoms with E-state index in [1.807, 2.05) is 6.92 Å². The van der Waals surface area contributed by atoms with Gasteiger partial charge >= 0.3 is 0 Å². The quantitative estimate of drug-likeness (QED) is 0.843. The molecule has 0 heterocycles. The highest BCUT2D eigenvalue weighted by Gasteiger charge is 2.23. The Bertz CT molecular complexity index is 652. The summed E-state index contributed by atoms with van der Waals surface area (Å²) in [6.45, 7) is 2.34. The third-order valence-corrected chi connectivity index (χ3v) is 7.00. The third kappa shape index (κ3) is 3.98. The summed E-state index contributed by atoms with van der Waals surface area (Å²) in [4.78, 5) is 0.317. The van der Waals surface area contributed by atoms with Gasteiger partial charge in [-0.05, 0) is 44.7 Å². The van der Waals surface area contributed by atoms with Gasteiger partial charge in [0.25, 0.3) is 0 Å². The van der Waals surface area contributed by atoms with Crippen LogP contribution in [0.15, 0.2) is 39.2 Å². The average molecular weight is 388 g/mol. The molecule has 0 aliphatic heterocycles. The summed E-state index contributed by atoms with van der Waals surface area (Å²) in [7, 11) is -1.85. The van der Waals surface area contributed by atoms with E-state index in [2.05, 4.69) is 15.9 Å². The number of halogens is 1. The van der Waals surface area contributed by atoms with E-state index in [4.69, 9.17) is 0 Å². The first-order valence-corrected chi connectivity index (χ1v) is 9.64. The maximum absolute atomic E-state index is 12.5. The summed E-state index contributed by atoms with van der Waals surface area (Å²) in [6.07, 6.45) is 2.82. The topological polar surface area (TPSA) is 57.6 Å². The summed E-state index contributed by atoms with van der Waals surface area (Å²) < 4.78 is 27.2. The molecule has 2 rings (SSSR count). The van der Waals surface area contributed by atoms with Gasteiger partial charge in [0.1, 0.15) is 0 Å². The van der Waals surface area contributed by atoms with Gasteiger partial charge in [0.05, 0.1) is 11.0 Å². The lowest BCUT2D eigenvalue weighted by molar-refractivity contribution is 0.198. The van der Waals surface area contributed by atoms with Crippen LogP contribution < -0.4 is 0 Å². The van der Waals surface area contributed by atoms with Crippen LogP contribution in [0.1, 0.15) is 31.2 Å². The van der Waals surface area contributed by atoms with E-state index < -0.39 is 16.1 Å². The summed E-state index contributed by atoms with van der Waals surface area (Å²) in [5.41, 5.74) is 2.15. The maximum atomic E-state index is 12.5. The summed E-state index contributed by atoms with van der Waals surface area (Å²) in [5.74, 6) is 0. The molecule has 0 bridgehead atoms. The van der Waals surface area contributed by atoms with Crippen LogP contribution in [0, 0.1) is 6.92 Å². The number of aliphatic hydroxyl groups is 1. The van der Waals surface area contributed by atoms with Crippen molar-refractivity contribution in [3.05, 3.63) is 39.9 Å². The number of nitrogens with zero attached hydrogens (tertiary/aromatic N) is 1. The van der Waals surface area contributed by atoms with Gasteiger partial charge in [-0.1, -0.05) is 39.2 Å². The minimum Gasteiger partial charge on any atom is -0.388 e. The number of sulfonamides is 1. The first kappa shape index (κ1) is 17.7. The fourth-order valence-corrected chi connectivity index (χ4v) is 4.33. The molecule has 0 spiro atoms. The first-order chi connectivity index (χ1) is 10.3. The van der Waals surface area contributed by atoms with Crippen LogP contribution in [0.5, 0.6) is 0 Å². The predicted molar refractivity (Wildman–Crippen MR) is 91.4 cm³/mol. The number of aliphatic hydroxyl groups excluding tert-OH is 1. The minimum absolute atomic E-state index is 0.317. The fourth-order valence-electron chi connectivity index (χ4n) is 2.54. The highest BCUT2D eigenvalue weighted by Crippen LogP contribution is 2.31. The Morgan fingerprint density at radius 1 is 1.32 bits per heavy atom. The second-order valence-corrected chi connectivity index (χ2v) is 8.65. The Kier molecular flexibility index (Phi) is 5.82. The lowest BCUT2D eigenvalue weighted by Crippen LogP contribution is -2.28. The van der Waals surface area contributed by atoms with Gasteiger partial charge < -0.3 is 5.11 Å². The molecule has 1 atom stereocenters. The van der Waals surface area contributed by atoms with Crippen LogP contribution in [0.25, 0.3) is 0 Å². The van der Waals surface area contributed by atoms with Gasteiger partial charge in [0.15, 0.2) is 0 Å². The molecular weight excluding hydrogens is 366 g/mol. The van der Waals surface area contributed by atoms with E-state index in [9.17, 15) is 13.5 Å². The molecule has 22 heavy (non-hydrogen) atoms. The van der Waals surface area contributed by atoms with Gasteiger partial charge in [-0.2, -0.15) is 0 Å². The molecule has 1 aromatic rings. The molecule has 6 heteroatoms. The van der Waals surface area contributed by atoms with E-state index in [0.29, 0.717) is 17.9 Å². The molecule has 1 aliphatic rings. The molecule has 0 fully saturated rings. The van der Waals surface area contributed by atoms with Gasteiger partial charge in [0.2, 0.25) is 10.0 Å². The van der Waals surface area contributed by atoms with E-state index in [0.717, 1.165) is 34.9 Å². The van der Waals surface area contributed by atoms with Crippen molar-refractivity contribution in [3.8, 4) is 0 Å². The Morgan fingerprint density at radius 3 is 2.59 bits per heavy atom. The molecule has 0 saturated heterocycles. The van der Waals surface area contributed by atoms with E-state index in [-0.39, 0.29) is 0 Å². The Morgan fingerprint density at radius 2 is 1.95 bits per heavy atom. The van der Waals surface area contributed by atoms with Crippen LogP contribution in [0.4, 0.5) is 0 Å². The molecule has 1 aliphatic carbocycles. The molecule has 1 N–H and O–H groups in total. The van der Waals surface area contributed by atoms with E-state index in [1.54, 1.807) is 31.3 Å². The van der Waals surface area contributed by atoms with Crippen LogP contribution >= 0.6 is 15.9 Å². The van der Waals surface area contributed by atoms with Gasteiger partial charge in [0, 0.05) is 18.1 Å². The average Bonchev–Trinajstić information content (AvgIpc) is 2.49. The van der Waals surface area contributed by atoms with Crippen molar-refractivity contribution in [2.75, 3.05) is 13.6 Å². The molecule has 1 aromatic carbocycles. The van der Waals surface area contributed by atoms with Crippen LogP contribution in [0.2, 0.25) is 0 Å². The zero-order chi connectivity index (χ0) is 16.3. The SMILES string of the molecule is Cc1ccc(S(=O)(=O)N(C)CCC2=C(Br)[C@H](O)CCC2)cc1. The highest BCUT2D eigenvalue weighted by atomic mass is 79.9. The van der Waals surface area contributed by atoms with Gasteiger partial charge in [-0.25, -0.2) is 12.7 Å². The first-order valence-electron chi connectivity index (χ1n) is 7.41. The maximum Gasteiger partial charge on any atom is 0.242 e. The van der Waals surface area contributed by atoms with Gasteiger partial charge in [-0.15, -0.1) is 0 Å². The lowest BCUT2D eigenvalue weighted by atomic mass is 9.95. The summed E-state index contributed by atoms with van der Waals surface area (Å²) in [6, 6.07) is 6.89. The predicted octanol–water partition coefficient (Wildman–Crippen LogP) is 3.20. The van der Waals surface area contributed by atoms with Crippen molar-refractivity contribution < 1.29 is 13.5 Å². The second kappa shape index (κ2) is 7.25. The van der Waals surface area contributed by atoms with Crippen molar-refractivity contribution in [1.29, 1.82) is 0 Å². The molecule has 0 unspecified atom stereocenters. The summed E-state index contributed by atoms with van der Waals surface area (Å²) in [5, 5.41) is 9.84. The molecule has 122 valence electrons. The smallest absolute Gasteiger partial charge is 0.242 e. The Balaban J connectivity index is 2.07. The van der Waals surface area contributed by atoms with Crippen LogP contribution in [-0.2, 0) is 10.0 Å². The minimum atomic E-state index is -3.45. The number of aryl methyl sites for hydroxylation is 1. The standard InChI is InChI=1S/C16H22BrNO3S/c1-12-6-8-14(9-7-12)22(20,21)18(2)11-10-13-4-3-5-15(19)16(13)17/h6-9,15,19H,3-5,10-11H2,1-2H3/t15-/m1/s1. The zero-order valence-corrected chi connectivity index (χ0v) is 15.3. The lowest BCUT2D eigenvalue weighted by Gasteiger charge is -2.23. The van der Waals surface area contributed by atoms with Crippen molar-refractivity contribution >= 4 is 26.0 Å². The zero-order valence-electron chi connectivity index (χ0n) is 12.9. The Labute approximate surface area is 141 Å². The van der Waals surface area contributed by atoms with E-state index in [1.165, 1.54) is 4.31 Å². The summed E-state index contributed by atoms with van der Waals surface area (Å²) >= 11 is 3.44. The number of hydrogen-bond donors (Lipinski definition) is 1. The van der Waals surface area contributed by atoms with Crippen LogP contribution in [0.3, 0.4) is 0 Å². The van der Waals surface area contributed by atoms with Crippen molar-refractivity contribution in [1.82, 2.24) is 4.31 Å². The van der Waals surface area contributed by atoms with E-state index >= 15 is 0 Å². The largest absolute Gasteiger partial charge is 0.388 e. The fraction of sp³-hybridized carbons (Fsp3) is 0.500. The normalized spacial score (nSPS) is 19.8. The molecular formula is C16H22BrNO3S. The molecule has 0 aromatic heterocycles. The second-order valence-electron chi connectivity index (χ2n) is 5.75. The van der Waals surface area contributed by atoms with Crippen molar-refractivity contribution in [2.45, 2.75) is 43.6 Å². The molecule has 0 amide bonds. The number of rotatable bonds is 5. The molecule has 0 radical (unpaired) electrons. The van der Waals surface area contributed by atoms with Crippen molar-refractivity contribution in [3.63, 3.8) is 0 Å². The Hall–Kier alpha value is -0.690. The number of hydrogen-bond acceptors (Lipinski definition) is 3. The molecule has 4 nitrogen and oxygen atoms in total. The molecule has 0 saturated carbocycles. The highest BCUT2D eigenvalue weighted by molar-refractivity contribution is 9.11. The third-order valence-electron chi connectivity index (χ3n) is 4.04. The van der Waals surface area contributed by atoms with Crippen LogP contribution in [-0.4, -0.2) is 37.5 Å². The van der Waals surface area contributed by atoms with Crippen molar-refractivity contribution in [2.24, 2.45) is 0 Å².